The molecule has 0 amide bonds. The van der Waals surface area contributed by atoms with Crippen LogP contribution in [0.3, 0.4) is 0 Å². The van der Waals surface area contributed by atoms with Crippen molar-refractivity contribution < 1.29 is 9.53 Å². The second-order valence-corrected chi connectivity index (χ2v) is 6.81. The Balaban J connectivity index is 1.42. The van der Waals surface area contributed by atoms with Crippen molar-refractivity contribution in [1.82, 2.24) is 5.32 Å². The van der Waals surface area contributed by atoms with Crippen molar-refractivity contribution in [2.45, 2.75) is 63.1 Å². The molecule has 2 aliphatic carbocycles. The van der Waals surface area contributed by atoms with Gasteiger partial charge in [-0.2, -0.15) is 0 Å². The van der Waals surface area contributed by atoms with Crippen LogP contribution in [-0.2, 0) is 0 Å². The number of fused-ring (bicyclic) bond motifs is 1. The summed E-state index contributed by atoms with van der Waals surface area (Å²) in [5.41, 5.74) is 0.814. The first kappa shape index (κ1) is 13.3. The van der Waals surface area contributed by atoms with Gasteiger partial charge in [-0.05, 0) is 62.3 Å². The van der Waals surface area contributed by atoms with Crippen LogP contribution in [0.25, 0.3) is 0 Å². The molecule has 3 fully saturated rings. The molecule has 3 nitrogen and oxygen atoms in total. The van der Waals surface area contributed by atoms with Crippen LogP contribution in [0.4, 0.5) is 0 Å². The molecule has 1 aromatic rings. The van der Waals surface area contributed by atoms with E-state index >= 15 is 0 Å². The van der Waals surface area contributed by atoms with Crippen molar-refractivity contribution >= 4 is 5.78 Å². The largest absolute Gasteiger partial charge is 0.490 e. The normalized spacial score (nSPS) is 31.7. The third kappa shape index (κ3) is 2.84. The highest BCUT2D eigenvalue weighted by molar-refractivity contribution is 6.00. The Labute approximate surface area is 126 Å². The van der Waals surface area contributed by atoms with Gasteiger partial charge in [-0.25, -0.2) is 0 Å². The zero-order chi connectivity index (χ0) is 14.2. The number of hydrogen-bond donors (Lipinski definition) is 1. The summed E-state index contributed by atoms with van der Waals surface area (Å²) >= 11 is 0. The molecule has 21 heavy (non-hydrogen) atoms. The summed E-state index contributed by atoms with van der Waals surface area (Å²) in [5.74, 6) is 1.86. The molecule has 0 bridgehead atoms. The number of ether oxygens (including phenoxy) is 1. The van der Waals surface area contributed by atoms with E-state index in [1.165, 1.54) is 25.7 Å². The predicted octanol–water partition coefficient (Wildman–Crippen LogP) is 3.33. The minimum Gasteiger partial charge on any atom is -0.490 e. The first-order valence-corrected chi connectivity index (χ1v) is 8.36. The smallest absolute Gasteiger partial charge is 0.179 e. The van der Waals surface area contributed by atoms with E-state index in [9.17, 15) is 4.79 Å². The van der Waals surface area contributed by atoms with Crippen LogP contribution in [0, 0.1) is 5.92 Å². The summed E-state index contributed by atoms with van der Waals surface area (Å²) in [6.45, 7) is 0. The van der Waals surface area contributed by atoms with Crippen LogP contribution in [-0.4, -0.2) is 24.0 Å². The maximum absolute atomic E-state index is 12.6. The fourth-order valence-electron chi connectivity index (χ4n) is 3.80. The van der Waals surface area contributed by atoms with Gasteiger partial charge in [0.05, 0.1) is 12.1 Å². The van der Waals surface area contributed by atoms with Crippen LogP contribution >= 0.6 is 0 Å². The molecule has 1 aliphatic heterocycles. The van der Waals surface area contributed by atoms with Crippen LogP contribution in [0.15, 0.2) is 24.3 Å². The number of carbonyl (C=O) groups excluding carboxylic acids is 1. The van der Waals surface area contributed by atoms with E-state index in [2.05, 4.69) is 5.32 Å². The molecule has 0 spiro atoms. The fraction of sp³-hybridized carbons (Fsp3) is 0.611. The molecular formula is C18H23NO2. The Kier molecular flexibility index (Phi) is 3.46. The number of carbonyl (C=O) groups is 1. The molecule has 3 atom stereocenters. The molecule has 0 radical (unpaired) electrons. The van der Waals surface area contributed by atoms with Gasteiger partial charge in [0.15, 0.2) is 5.78 Å². The lowest BCUT2D eigenvalue weighted by molar-refractivity contribution is 0.0949. The maximum Gasteiger partial charge on any atom is 0.179 e. The lowest BCUT2D eigenvalue weighted by atomic mass is 9.84. The third-order valence-corrected chi connectivity index (χ3v) is 5.15. The number of Topliss-reactive ketones (excluding diaryl/α,β-unsaturated/α-hetero) is 1. The molecule has 3 unspecified atom stereocenters. The van der Waals surface area contributed by atoms with Gasteiger partial charge in [0.1, 0.15) is 5.75 Å². The lowest BCUT2D eigenvalue weighted by Gasteiger charge is -2.24. The standard InChI is InChI=1S/C18H23NO2/c20-18(17-11-13-3-1-2-4-16(13)19-17)12-5-7-14(8-6-12)21-15-9-10-15/h5-8,13,15-17,19H,1-4,9-11H2. The Morgan fingerprint density at radius 3 is 2.52 bits per heavy atom. The van der Waals surface area contributed by atoms with Crippen molar-refractivity contribution in [3.8, 4) is 5.75 Å². The Morgan fingerprint density at radius 2 is 1.81 bits per heavy atom. The summed E-state index contributed by atoms with van der Waals surface area (Å²) in [7, 11) is 0. The van der Waals surface area contributed by atoms with Crippen molar-refractivity contribution in [3.05, 3.63) is 29.8 Å². The van der Waals surface area contributed by atoms with Gasteiger partial charge in [0.2, 0.25) is 0 Å². The molecule has 1 N–H and O–H groups in total. The van der Waals surface area contributed by atoms with Crippen LogP contribution in [0.1, 0.15) is 55.3 Å². The molecule has 3 heteroatoms. The molecule has 0 aromatic heterocycles. The minimum atomic E-state index is 0.0216. The number of benzene rings is 1. The lowest BCUT2D eigenvalue weighted by Crippen LogP contribution is -2.37. The van der Waals surface area contributed by atoms with Crippen molar-refractivity contribution in [3.63, 3.8) is 0 Å². The molecule has 1 heterocycles. The highest BCUT2D eigenvalue weighted by Gasteiger charge is 2.38. The topological polar surface area (TPSA) is 38.3 Å². The highest BCUT2D eigenvalue weighted by Crippen LogP contribution is 2.34. The zero-order valence-corrected chi connectivity index (χ0v) is 12.4. The molecule has 1 saturated heterocycles. The predicted molar refractivity (Wildman–Crippen MR) is 81.7 cm³/mol. The van der Waals surface area contributed by atoms with Gasteiger partial charge in [-0.15, -0.1) is 0 Å². The van der Waals surface area contributed by atoms with E-state index in [1.54, 1.807) is 0 Å². The summed E-state index contributed by atoms with van der Waals surface area (Å²) in [4.78, 5) is 12.6. The van der Waals surface area contributed by atoms with Crippen LogP contribution in [0.5, 0.6) is 5.75 Å². The summed E-state index contributed by atoms with van der Waals surface area (Å²) < 4.78 is 5.74. The monoisotopic (exact) mass is 285 g/mol. The third-order valence-electron chi connectivity index (χ3n) is 5.15. The van der Waals surface area contributed by atoms with Crippen LogP contribution in [0.2, 0.25) is 0 Å². The fourth-order valence-corrected chi connectivity index (χ4v) is 3.80. The van der Waals surface area contributed by atoms with E-state index in [0.29, 0.717) is 18.1 Å². The van der Waals surface area contributed by atoms with E-state index in [0.717, 1.165) is 30.6 Å². The second kappa shape index (κ2) is 5.45. The zero-order valence-electron chi connectivity index (χ0n) is 12.4. The number of ketones is 1. The minimum absolute atomic E-state index is 0.0216. The first-order valence-electron chi connectivity index (χ1n) is 8.36. The first-order chi connectivity index (χ1) is 10.3. The summed E-state index contributed by atoms with van der Waals surface area (Å²) in [6.07, 6.45) is 8.91. The Morgan fingerprint density at radius 1 is 1.05 bits per heavy atom. The molecular weight excluding hydrogens is 262 g/mol. The van der Waals surface area contributed by atoms with Crippen molar-refractivity contribution in [1.29, 1.82) is 0 Å². The van der Waals surface area contributed by atoms with Gasteiger partial charge in [0.25, 0.3) is 0 Å². The molecule has 2 saturated carbocycles. The van der Waals surface area contributed by atoms with E-state index < -0.39 is 0 Å². The van der Waals surface area contributed by atoms with Crippen LogP contribution < -0.4 is 10.1 Å². The Hall–Kier alpha value is -1.35. The quantitative estimate of drug-likeness (QED) is 0.862. The molecule has 112 valence electrons. The maximum atomic E-state index is 12.6. The Bertz CT molecular complexity index is 507. The van der Waals surface area contributed by atoms with Gasteiger partial charge >= 0.3 is 0 Å². The number of nitrogens with one attached hydrogen (secondary N) is 1. The molecule has 1 aromatic carbocycles. The summed E-state index contributed by atoms with van der Waals surface area (Å²) in [6, 6.07) is 8.31. The van der Waals surface area contributed by atoms with Crippen molar-refractivity contribution in [2.24, 2.45) is 5.92 Å². The van der Waals surface area contributed by atoms with E-state index in [4.69, 9.17) is 4.74 Å². The summed E-state index contributed by atoms with van der Waals surface area (Å²) in [5, 5.41) is 3.57. The second-order valence-electron chi connectivity index (χ2n) is 6.81. The number of rotatable bonds is 4. The van der Waals surface area contributed by atoms with E-state index in [-0.39, 0.29) is 11.8 Å². The van der Waals surface area contributed by atoms with E-state index in [1.807, 2.05) is 24.3 Å². The average Bonchev–Trinajstić information content (AvgIpc) is 3.22. The number of hydrogen-bond acceptors (Lipinski definition) is 3. The van der Waals surface area contributed by atoms with Gasteiger partial charge < -0.3 is 10.1 Å². The van der Waals surface area contributed by atoms with Gasteiger partial charge in [0, 0.05) is 11.6 Å². The average molecular weight is 285 g/mol. The molecule has 3 aliphatic rings. The van der Waals surface area contributed by atoms with Gasteiger partial charge in [-0.1, -0.05) is 12.8 Å². The van der Waals surface area contributed by atoms with Gasteiger partial charge in [-0.3, -0.25) is 4.79 Å². The highest BCUT2D eigenvalue weighted by atomic mass is 16.5. The molecule has 4 rings (SSSR count). The SMILES string of the molecule is O=C(c1ccc(OC2CC2)cc1)C1CC2CCCCC2N1. The van der Waals surface area contributed by atoms with Crippen molar-refractivity contribution in [2.75, 3.05) is 0 Å².